The Morgan fingerprint density at radius 1 is 1.41 bits per heavy atom. The summed E-state index contributed by atoms with van der Waals surface area (Å²) in [7, 11) is 1.89. The molecule has 4 heteroatoms. The molecule has 17 heavy (non-hydrogen) atoms. The van der Waals surface area contributed by atoms with E-state index in [-0.39, 0.29) is 0 Å². The van der Waals surface area contributed by atoms with Crippen molar-refractivity contribution in [3.05, 3.63) is 28.8 Å². The maximum absolute atomic E-state index is 9.56. The monoisotopic (exact) mass is 257 g/mol. The van der Waals surface area contributed by atoms with Gasteiger partial charge in [-0.15, -0.1) is 0 Å². The van der Waals surface area contributed by atoms with E-state index < -0.39 is 5.60 Å². The van der Waals surface area contributed by atoms with E-state index in [0.717, 1.165) is 12.1 Å². The van der Waals surface area contributed by atoms with E-state index >= 15 is 0 Å². The molecule has 0 aliphatic heterocycles. The number of benzene rings is 1. The number of hydrogen-bond acceptors (Lipinski definition) is 3. The van der Waals surface area contributed by atoms with Crippen molar-refractivity contribution in [2.75, 3.05) is 13.7 Å². The van der Waals surface area contributed by atoms with Gasteiger partial charge in [0, 0.05) is 13.0 Å². The van der Waals surface area contributed by atoms with Gasteiger partial charge in [-0.05, 0) is 38.6 Å². The normalized spacial score (nSPS) is 11.6. The highest BCUT2D eigenvalue weighted by Gasteiger charge is 2.12. The first-order valence-corrected chi connectivity index (χ1v) is 6.08. The predicted molar refractivity (Wildman–Crippen MR) is 70.6 cm³/mol. The summed E-state index contributed by atoms with van der Waals surface area (Å²) in [6, 6.07) is 5.72. The lowest BCUT2D eigenvalue weighted by atomic mass is 10.1. The van der Waals surface area contributed by atoms with Gasteiger partial charge in [-0.1, -0.05) is 17.7 Å². The Hall–Kier alpha value is -0.770. The predicted octanol–water partition coefficient (Wildman–Crippen LogP) is 2.60. The van der Waals surface area contributed by atoms with Crippen molar-refractivity contribution in [1.29, 1.82) is 0 Å². The third-order valence-corrected chi connectivity index (χ3v) is 2.64. The molecule has 0 saturated heterocycles. The van der Waals surface area contributed by atoms with Gasteiger partial charge in [-0.25, -0.2) is 0 Å². The largest absolute Gasteiger partial charge is 0.492 e. The van der Waals surface area contributed by atoms with Crippen molar-refractivity contribution in [3.63, 3.8) is 0 Å². The molecule has 0 atom stereocenters. The van der Waals surface area contributed by atoms with Crippen LogP contribution in [0.3, 0.4) is 0 Å². The van der Waals surface area contributed by atoms with E-state index in [0.29, 0.717) is 23.8 Å². The SMILES string of the molecule is CNCc1ccc(OCCC(C)(C)O)c(Cl)c1. The Kier molecular flexibility index (Phi) is 5.25. The minimum atomic E-state index is -0.710. The van der Waals surface area contributed by atoms with Gasteiger partial charge in [-0.2, -0.15) is 0 Å². The van der Waals surface area contributed by atoms with Crippen LogP contribution in [0.5, 0.6) is 5.75 Å². The van der Waals surface area contributed by atoms with E-state index in [1.54, 1.807) is 13.8 Å². The minimum Gasteiger partial charge on any atom is -0.492 e. The molecule has 0 unspecified atom stereocenters. The fraction of sp³-hybridized carbons (Fsp3) is 0.538. The quantitative estimate of drug-likeness (QED) is 0.823. The van der Waals surface area contributed by atoms with Crippen LogP contribution < -0.4 is 10.1 Å². The van der Waals surface area contributed by atoms with Gasteiger partial charge < -0.3 is 15.2 Å². The molecule has 0 fully saturated rings. The van der Waals surface area contributed by atoms with Crippen LogP contribution in [0.25, 0.3) is 0 Å². The topological polar surface area (TPSA) is 41.5 Å². The molecule has 0 aliphatic carbocycles. The van der Waals surface area contributed by atoms with E-state index in [2.05, 4.69) is 5.32 Å². The first kappa shape index (κ1) is 14.3. The average molecular weight is 258 g/mol. The van der Waals surface area contributed by atoms with Gasteiger partial charge in [0.2, 0.25) is 0 Å². The van der Waals surface area contributed by atoms with Crippen molar-refractivity contribution >= 4 is 11.6 Å². The highest BCUT2D eigenvalue weighted by Crippen LogP contribution is 2.26. The van der Waals surface area contributed by atoms with Gasteiger partial charge >= 0.3 is 0 Å². The Morgan fingerprint density at radius 2 is 2.12 bits per heavy atom. The summed E-state index contributed by atoms with van der Waals surface area (Å²) in [6.07, 6.45) is 0.571. The second kappa shape index (κ2) is 6.24. The summed E-state index contributed by atoms with van der Waals surface area (Å²) in [4.78, 5) is 0. The highest BCUT2D eigenvalue weighted by molar-refractivity contribution is 6.32. The number of ether oxygens (including phenoxy) is 1. The van der Waals surface area contributed by atoms with Crippen molar-refractivity contribution in [2.24, 2.45) is 0 Å². The van der Waals surface area contributed by atoms with Crippen LogP contribution in [0.2, 0.25) is 5.02 Å². The van der Waals surface area contributed by atoms with Gasteiger partial charge in [0.25, 0.3) is 0 Å². The van der Waals surface area contributed by atoms with Gasteiger partial charge in [-0.3, -0.25) is 0 Å². The number of nitrogens with one attached hydrogen (secondary N) is 1. The van der Waals surface area contributed by atoms with E-state index in [4.69, 9.17) is 16.3 Å². The van der Waals surface area contributed by atoms with Crippen molar-refractivity contribution in [2.45, 2.75) is 32.4 Å². The van der Waals surface area contributed by atoms with E-state index in [1.807, 2.05) is 25.2 Å². The van der Waals surface area contributed by atoms with Crippen molar-refractivity contribution in [1.82, 2.24) is 5.32 Å². The third kappa shape index (κ3) is 5.39. The molecule has 0 amide bonds. The average Bonchev–Trinajstić information content (AvgIpc) is 2.20. The van der Waals surface area contributed by atoms with Gasteiger partial charge in [0.05, 0.1) is 17.2 Å². The molecule has 0 aliphatic rings. The first-order valence-electron chi connectivity index (χ1n) is 5.70. The molecular weight excluding hydrogens is 238 g/mol. The second-order valence-corrected chi connectivity index (χ2v) is 5.11. The third-order valence-electron chi connectivity index (χ3n) is 2.35. The lowest BCUT2D eigenvalue weighted by molar-refractivity contribution is 0.0553. The molecule has 0 heterocycles. The summed E-state index contributed by atoms with van der Waals surface area (Å²) in [5, 5.41) is 13.2. The molecule has 2 N–H and O–H groups in total. The maximum atomic E-state index is 9.56. The number of aliphatic hydroxyl groups is 1. The minimum absolute atomic E-state index is 0.453. The van der Waals surface area contributed by atoms with Crippen LogP contribution >= 0.6 is 11.6 Å². The van der Waals surface area contributed by atoms with Crippen LogP contribution in [0, 0.1) is 0 Å². The van der Waals surface area contributed by atoms with Crippen LogP contribution in [-0.2, 0) is 6.54 Å². The molecule has 0 saturated carbocycles. The lowest BCUT2D eigenvalue weighted by Crippen LogP contribution is -2.21. The Morgan fingerprint density at radius 3 is 2.65 bits per heavy atom. The summed E-state index contributed by atoms with van der Waals surface area (Å²) >= 11 is 6.10. The van der Waals surface area contributed by atoms with Crippen molar-refractivity contribution < 1.29 is 9.84 Å². The standard InChI is InChI=1S/C13H20ClNO2/c1-13(2,16)6-7-17-12-5-4-10(9-15-3)8-11(12)14/h4-5,8,15-16H,6-7,9H2,1-3H3. The number of hydrogen-bond donors (Lipinski definition) is 2. The Bertz CT molecular complexity index is 361. The lowest BCUT2D eigenvalue weighted by Gasteiger charge is -2.17. The molecule has 1 rings (SSSR count). The van der Waals surface area contributed by atoms with Crippen LogP contribution in [-0.4, -0.2) is 24.4 Å². The molecule has 0 aromatic heterocycles. The molecule has 1 aromatic carbocycles. The van der Waals surface area contributed by atoms with Gasteiger partial charge in [0.15, 0.2) is 0 Å². The summed E-state index contributed by atoms with van der Waals surface area (Å²) in [6.45, 7) is 4.75. The van der Waals surface area contributed by atoms with E-state index in [9.17, 15) is 5.11 Å². The Balaban J connectivity index is 2.54. The molecular formula is C13H20ClNO2. The van der Waals surface area contributed by atoms with E-state index in [1.165, 1.54) is 0 Å². The first-order chi connectivity index (χ1) is 7.92. The molecule has 96 valence electrons. The molecule has 0 bridgehead atoms. The zero-order valence-corrected chi connectivity index (χ0v) is 11.3. The summed E-state index contributed by atoms with van der Waals surface area (Å²) in [5.41, 5.74) is 0.408. The second-order valence-electron chi connectivity index (χ2n) is 4.71. The van der Waals surface area contributed by atoms with Gasteiger partial charge in [0.1, 0.15) is 5.75 Å². The molecule has 3 nitrogen and oxygen atoms in total. The zero-order valence-electron chi connectivity index (χ0n) is 10.6. The summed E-state index contributed by atoms with van der Waals surface area (Å²) < 4.78 is 5.53. The molecule has 1 aromatic rings. The Labute approximate surface area is 108 Å². The zero-order chi connectivity index (χ0) is 12.9. The number of rotatable bonds is 6. The smallest absolute Gasteiger partial charge is 0.137 e. The molecule has 0 spiro atoms. The van der Waals surface area contributed by atoms with Crippen LogP contribution in [0.15, 0.2) is 18.2 Å². The summed E-state index contributed by atoms with van der Waals surface area (Å²) in [5.74, 6) is 0.663. The molecule has 0 radical (unpaired) electrons. The van der Waals surface area contributed by atoms with Crippen LogP contribution in [0.4, 0.5) is 0 Å². The highest BCUT2D eigenvalue weighted by atomic mass is 35.5. The maximum Gasteiger partial charge on any atom is 0.137 e. The fourth-order valence-corrected chi connectivity index (χ4v) is 1.64. The fourth-order valence-electron chi connectivity index (χ4n) is 1.39. The number of halogens is 1. The van der Waals surface area contributed by atoms with Crippen molar-refractivity contribution in [3.8, 4) is 5.75 Å². The van der Waals surface area contributed by atoms with Crippen LogP contribution in [0.1, 0.15) is 25.8 Å².